The van der Waals surface area contributed by atoms with E-state index in [1.165, 1.54) is 0 Å². The Balaban J connectivity index is 2.34. The molecule has 5 heteroatoms. The highest BCUT2D eigenvalue weighted by Crippen LogP contribution is 2.25. The number of nitrogens with zero attached hydrogens (tertiary/aromatic N) is 3. The molecule has 2 heterocycles. The van der Waals surface area contributed by atoms with Crippen LogP contribution < -0.4 is 4.90 Å². The number of aryl methyl sites for hydroxylation is 1. The highest BCUT2D eigenvalue weighted by atomic mass is 35.5. The van der Waals surface area contributed by atoms with E-state index in [9.17, 15) is 0 Å². The summed E-state index contributed by atoms with van der Waals surface area (Å²) in [6.07, 6.45) is 2.45. The van der Waals surface area contributed by atoms with Gasteiger partial charge in [0.05, 0.1) is 12.8 Å². The predicted octanol–water partition coefficient (Wildman–Crippen LogP) is 3.62. The fraction of sp³-hybridized carbons (Fsp3) is 0.429. The van der Waals surface area contributed by atoms with E-state index in [0.29, 0.717) is 11.7 Å². The number of anilines is 1. The van der Waals surface area contributed by atoms with Gasteiger partial charge in [-0.3, -0.25) is 0 Å². The number of hydrogen-bond donors (Lipinski definition) is 0. The number of halogens is 1. The molecule has 0 aliphatic heterocycles. The van der Waals surface area contributed by atoms with Gasteiger partial charge in [0.2, 0.25) is 0 Å². The molecule has 0 atom stereocenters. The Morgan fingerprint density at radius 2 is 2.11 bits per heavy atom. The van der Waals surface area contributed by atoms with Crippen molar-refractivity contribution in [1.82, 2.24) is 9.97 Å². The van der Waals surface area contributed by atoms with Crippen molar-refractivity contribution >= 4 is 17.4 Å². The first-order valence-corrected chi connectivity index (χ1v) is 6.83. The summed E-state index contributed by atoms with van der Waals surface area (Å²) in [5, 5.41) is 0.528. The Kier molecular flexibility index (Phi) is 4.43. The topological polar surface area (TPSA) is 42.2 Å². The second-order valence-corrected chi connectivity index (χ2v) is 4.68. The Labute approximate surface area is 118 Å². The highest BCUT2D eigenvalue weighted by Gasteiger charge is 2.15. The summed E-state index contributed by atoms with van der Waals surface area (Å²) in [5.41, 5.74) is 0.910. The normalized spacial score (nSPS) is 10.7. The predicted molar refractivity (Wildman–Crippen MR) is 76.6 cm³/mol. The van der Waals surface area contributed by atoms with Crippen molar-refractivity contribution in [3.8, 4) is 0 Å². The van der Waals surface area contributed by atoms with Gasteiger partial charge in [-0.2, -0.15) is 0 Å². The Bertz CT molecular complexity index is 540. The molecule has 0 N–H and O–H groups in total. The molecular formula is C14H18ClN3O. The second-order valence-electron chi connectivity index (χ2n) is 4.33. The maximum atomic E-state index is 6.18. The average molecular weight is 280 g/mol. The fourth-order valence-corrected chi connectivity index (χ4v) is 2.10. The van der Waals surface area contributed by atoms with Crippen molar-refractivity contribution in [2.24, 2.45) is 0 Å². The zero-order valence-corrected chi connectivity index (χ0v) is 12.2. The first kappa shape index (κ1) is 13.9. The van der Waals surface area contributed by atoms with E-state index in [0.717, 1.165) is 35.9 Å². The first-order chi connectivity index (χ1) is 9.15. The summed E-state index contributed by atoms with van der Waals surface area (Å²) in [4.78, 5) is 11.0. The van der Waals surface area contributed by atoms with Gasteiger partial charge in [-0.25, -0.2) is 9.97 Å². The van der Waals surface area contributed by atoms with Gasteiger partial charge < -0.3 is 9.32 Å². The Morgan fingerprint density at radius 3 is 2.68 bits per heavy atom. The summed E-state index contributed by atoms with van der Waals surface area (Å²) in [5.74, 6) is 2.56. The van der Waals surface area contributed by atoms with Crippen molar-refractivity contribution in [2.75, 3.05) is 11.4 Å². The molecule has 0 bridgehead atoms. The van der Waals surface area contributed by atoms with E-state index < -0.39 is 0 Å². The standard InChI is InChI=1S/C14H18ClN3O/c1-4-12-16-13(15)10(3)14(17-12)18(5-2)9-11-7-6-8-19-11/h6-8H,4-5,9H2,1-3H3. The molecule has 0 fully saturated rings. The maximum Gasteiger partial charge on any atom is 0.137 e. The molecular weight excluding hydrogens is 262 g/mol. The lowest BCUT2D eigenvalue weighted by Crippen LogP contribution is -2.24. The molecule has 0 unspecified atom stereocenters. The van der Waals surface area contributed by atoms with E-state index in [2.05, 4.69) is 21.8 Å². The third-order valence-corrected chi connectivity index (χ3v) is 3.40. The van der Waals surface area contributed by atoms with Gasteiger partial charge in [-0.15, -0.1) is 0 Å². The van der Waals surface area contributed by atoms with Crippen LogP contribution in [-0.4, -0.2) is 16.5 Å². The fourth-order valence-electron chi connectivity index (χ4n) is 1.91. The molecule has 0 radical (unpaired) electrons. The van der Waals surface area contributed by atoms with Crippen LogP contribution in [0.5, 0.6) is 0 Å². The lowest BCUT2D eigenvalue weighted by Gasteiger charge is -2.23. The Morgan fingerprint density at radius 1 is 1.32 bits per heavy atom. The van der Waals surface area contributed by atoms with E-state index in [4.69, 9.17) is 16.0 Å². The van der Waals surface area contributed by atoms with Crippen LogP contribution in [0.1, 0.15) is 31.0 Å². The number of hydrogen-bond acceptors (Lipinski definition) is 4. The third-order valence-electron chi connectivity index (χ3n) is 3.03. The van der Waals surface area contributed by atoms with Crippen LogP contribution in [0.2, 0.25) is 5.15 Å². The lowest BCUT2D eigenvalue weighted by atomic mass is 10.3. The van der Waals surface area contributed by atoms with E-state index in [1.54, 1.807) is 6.26 Å². The first-order valence-electron chi connectivity index (χ1n) is 6.46. The summed E-state index contributed by atoms with van der Waals surface area (Å²) in [7, 11) is 0. The SMILES string of the molecule is CCc1nc(Cl)c(C)c(N(CC)Cc2ccco2)n1. The van der Waals surface area contributed by atoms with Crippen LogP contribution in [0, 0.1) is 6.92 Å². The average Bonchev–Trinajstić information content (AvgIpc) is 2.92. The van der Waals surface area contributed by atoms with Gasteiger partial charge in [0.1, 0.15) is 22.6 Å². The number of aromatic nitrogens is 2. The van der Waals surface area contributed by atoms with Crippen molar-refractivity contribution < 1.29 is 4.42 Å². The summed E-state index contributed by atoms with van der Waals surface area (Å²) in [6, 6.07) is 3.85. The van der Waals surface area contributed by atoms with Crippen LogP contribution in [-0.2, 0) is 13.0 Å². The quantitative estimate of drug-likeness (QED) is 0.784. The van der Waals surface area contributed by atoms with E-state index in [-0.39, 0.29) is 0 Å². The second kappa shape index (κ2) is 6.06. The monoisotopic (exact) mass is 279 g/mol. The van der Waals surface area contributed by atoms with Gasteiger partial charge in [-0.1, -0.05) is 18.5 Å². The summed E-state index contributed by atoms with van der Waals surface area (Å²) >= 11 is 6.18. The van der Waals surface area contributed by atoms with E-state index in [1.807, 2.05) is 26.0 Å². The van der Waals surface area contributed by atoms with Crippen molar-refractivity contribution in [1.29, 1.82) is 0 Å². The molecule has 102 valence electrons. The molecule has 2 rings (SSSR count). The minimum atomic E-state index is 0.528. The molecule has 0 aromatic carbocycles. The van der Waals surface area contributed by atoms with Crippen LogP contribution in [0.15, 0.2) is 22.8 Å². The minimum Gasteiger partial charge on any atom is -0.467 e. The zero-order chi connectivity index (χ0) is 13.8. The molecule has 0 amide bonds. The van der Waals surface area contributed by atoms with Crippen LogP contribution in [0.4, 0.5) is 5.82 Å². The maximum absolute atomic E-state index is 6.18. The smallest absolute Gasteiger partial charge is 0.137 e. The molecule has 0 saturated heterocycles. The van der Waals surface area contributed by atoms with E-state index >= 15 is 0 Å². The summed E-state index contributed by atoms with van der Waals surface area (Å²) in [6.45, 7) is 7.57. The largest absolute Gasteiger partial charge is 0.467 e. The Hall–Kier alpha value is -1.55. The third kappa shape index (κ3) is 3.07. The van der Waals surface area contributed by atoms with Gasteiger partial charge in [0.15, 0.2) is 0 Å². The molecule has 2 aromatic rings. The molecule has 19 heavy (non-hydrogen) atoms. The van der Waals surface area contributed by atoms with Crippen molar-refractivity contribution in [2.45, 2.75) is 33.7 Å². The van der Waals surface area contributed by atoms with Gasteiger partial charge in [0, 0.05) is 18.5 Å². The minimum absolute atomic E-state index is 0.528. The highest BCUT2D eigenvalue weighted by molar-refractivity contribution is 6.30. The number of furan rings is 1. The van der Waals surface area contributed by atoms with Crippen molar-refractivity contribution in [3.05, 3.63) is 40.7 Å². The molecule has 2 aromatic heterocycles. The van der Waals surface area contributed by atoms with Gasteiger partial charge in [-0.05, 0) is 26.0 Å². The van der Waals surface area contributed by atoms with Gasteiger partial charge in [0.25, 0.3) is 0 Å². The summed E-state index contributed by atoms with van der Waals surface area (Å²) < 4.78 is 5.40. The zero-order valence-electron chi connectivity index (χ0n) is 11.5. The van der Waals surface area contributed by atoms with Crippen LogP contribution >= 0.6 is 11.6 Å². The van der Waals surface area contributed by atoms with Crippen LogP contribution in [0.25, 0.3) is 0 Å². The lowest BCUT2D eigenvalue weighted by molar-refractivity contribution is 0.502. The molecule has 0 aliphatic carbocycles. The molecule has 4 nitrogen and oxygen atoms in total. The molecule has 0 saturated carbocycles. The molecule has 0 aliphatic rings. The van der Waals surface area contributed by atoms with Crippen LogP contribution in [0.3, 0.4) is 0 Å². The molecule has 0 spiro atoms. The number of rotatable bonds is 5. The van der Waals surface area contributed by atoms with Crippen molar-refractivity contribution in [3.63, 3.8) is 0 Å². The van der Waals surface area contributed by atoms with Gasteiger partial charge >= 0.3 is 0 Å².